The lowest BCUT2D eigenvalue weighted by Gasteiger charge is -2.25. The van der Waals surface area contributed by atoms with Crippen molar-refractivity contribution in [2.24, 2.45) is 11.8 Å². The minimum Gasteiger partial charge on any atom is -0.463 e. The first-order valence-corrected chi connectivity index (χ1v) is 14.0. The second-order valence-electron chi connectivity index (χ2n) is 10.1. The van der Waals surface area contributed by atoms with E-state index in [1.165, 1.54) is 0 Å². The monoisotopic (exact) mass is 548 g/mol. The molecule has 3 atom stereocenters. The van der Waals surface area contributed by atoms with Crippen LogP contribution in [0.3, 0.4) is 0 Å². The number of hydrogen-bond acceptors (Lipinski definition) is 5. The third-order valence-electron chi connectivity index (χ3n) is 6.67. The van der Waals surface area contributed by atoms with E-state index in [0.29, 0.717) is 25.8 Å². The number of benzene rings is 2. The van der Waals surface area contributed by atoms with E-state index in [1.54, 1.807) is 17.9 Å². The molecular formula is C33H44N2O5. The zero-order valence-electron chi connectivity index (χ0n) is 23.7. The zero-order valence-corrected chi connectivity index (χ0v) is 23.7. The van der Waals surface area contributed by atoms with Crippen LogP contribution in [-0.4, -0.2) is 53.6 Å². The SMILES string of the molecule is C=CCCC[C@H](Cc1ccccc1)C(=O)OC[C@H](C)NC(=O)[C@H](CC=C)CC(=O)N(CCO)Cc1ccccc1. The van der Waals surface area contributed by atoms with Crippen LogP contribution < -0.4 is 5.32 Å². The topological polar surface area (TPSA) is 95.9 Å². The van der Waals surface area contributed by atoms with Crippen LogP contribution in [-0.2, 0) is 32.1 Å². The molecule has 0 aliphatic rings. The molecule has 40 heavy (non-hydrogen) atoms. The van der Waals surface area contributed by atoms with Crippen LogP contribution in [0.25, 0.3) is 0 Å². The first kappa shape index (κ1) is 32.5. The lowest BCUT2D eigenvalue weighted by molar-refractivity contribution is -0.150. The fourth-order valence-electron chi connectivity index (χ4n) is 4.48. The van der Waals surface area contributed by atoms with E-state index < -0.39 is 12.0 Å². The number of aliphatic hydroxyl groups excluding tert-OH is 1. The summed E-state index contributed by atoms with van der Waals surface area (Å²) in [6.07, 6.45) is 6.73. The Morgan fingerprint density at radius 3 is 2.23 bits per heavy atom. The highest BCUT2D eigenvalue weighted by Gasteiger charge is 2.26. The van der Waals surface area contributed by atoms with Crippen molar-refractivity contribution in [2.45, 2.75) is 58.0 Å². The Morgan fingerprint density at radius 1 is 0.975 bits per heavy atom. The highest BCUT2D eigenvalue weighted by molar-refractivity contribution is 5.86. The van der Waals surface area contributed by atoms with Crippen LogP contribution in [0.4, 0.5) is 0 Å². The minimum atomic E-state index is -0.621. The van der Waals surface area contributed by atoms with Crippen LogP contribution in [0.1, 0.15) is 50.2 Å². The molecule has 216 valence electrons. The molecule has 0 fully saturated rings. The number of aliphatic hydroxyl groups is 1. The van der Waals surface area contributed by atoms with Gasteiger partial charge in [-0.25, -0.2) is 0 Å². The van der Waals surface area contributed by atoms with Gasteiger partial charge in [-0.1, -0.05) is 72.8 Å². The molecule has 2 N–H and O–H groups in total. The quantitative estimate of drug-likeness (QED) is 0.149. The average Bonchev–Trinajstić information content (AvgIpc) is 2.96. The Kier molecular flexibility index (Phi) is 15.1. The Bertz CT molecular complexity index is 1060. The predicted octanol–water partition coefficient (Wildman–Crippen LogP) is 4.85. The summed E-state index contributed by atoms with van der Waals surface area (Å²) in [5.74, 6) is -1.70. The summed E-state index contributed by atoms with van der Waals surface area (Å²) < 4.78 is 5.62. The molecular weight excluding hydrogens is 504 g/mol. The molecule has 7 heteroatoms. The molecule has 2 amide bonds. The number of unbranched alkanes of at least 4 members (excludes halogenated alkanes) is 1. The highest BCUT2D eigenvalue weighted by atomic mass is 16.5. The molecule has 0 bridgehead atoms. The van der Waals surface area contributed by atoms with Crippen LogP contribution in [0.2, 0.25) is 0 Å². The number of nitrogens with zero attached hydrogens (tertiary/aromatic N) is 1. The van der Waals surface area contributed by atoms with Gasteiger partial charge in [0, 0.05) is 19.5 Å². The third kappa shape index (κ3) is 12.0. The fourth-order valence-corrected chi connectivity index (χ4v) is 4.48. The molecule has 0 saturated carbocycles. The standard InChI is InChI=1S/C33H44N2O5/c1-4-6-9-19-30(22-27-15-10-7-11-16-27)33(39)40-25-26(3)34-32(38)29(14-5-2)23-31(37)35(20-21-36)24-28-17-12-8-13-18-28/h4-5,7-8,10-13,15-18,26,29-30,36H,1-2,6,9,14,19-25H2,3H3,(H,34,38)/t26-,29+,30+/m0/s1. The smallest absolute Gasteiger partial charge is 0.309 e. The fraction of sp³-hybridized carbons (Fsp3) is 0.424. The van der Waals surface area contributed by atoms with Crippen molar-refractivity contribution in [1.29, 1.82) is 0 Å². The number of hydrogen-bond donors (Lipinski definition) is 2. The van der Waals surface area contributed by atoms with E-state index in [0.717, 1.165) is 24.0 Å². The summed E-state index contributed by atoms with van der Waals surface area (Å²) in [5, 5.41) is 12.4. The van der Waals surface area contributed by atoms with E-state index >= 15 is 0 Å². The van der Waals surface area contributed by atoms with Gasteiger partial charge in [-0.05, 0) is 50.2 Å². The number of amides is 2. The number of esters is 1. The first-order valence-electron chi connectivity index (χ1n) is 14.0. The van der Waals surface area contributed by atoms with E-state index in [1.807, 2.05) is 66.7 Å². The van der Waals surface area contributed by atoms with Gasteiger partial charge in [0.05, 0.1) is 24.5 Å². The lowest BCUT2D eigenvalue weighted by Crippen LogP contribution is -2.42. The van der Waals surface area contributed by atoms with Gasteiger partial charge in [0.15, 0.2) is 0 Å². The third-order valence-corrected chi connectivity index (χ3v) is 6.67. The summed E-state index contributed by atoms with van der Waals surface area (Å²) in [5.41, 5.74) is 2.02. The number of carbonyl (C=O) groups is 3. The van der Waals surface area contributed by atoms with E-state index in [-0.39, 0.29) is 49.9 Å². The van der Waals surface area contributed by atoms with Crippen molar-refractivity contribution in [2.75, 3.05) is 19.8 Å². The molecule has 0 unspecified atom stereocenters. The van der Waals surface area contributed by atoms with Gasteiger partial charge in [0.1, 0.15) is 6.61 Å². The second kappa shape index (κ2) is 18.6. The second-order valence-corrected chi connectivity index (χ2v) is 10.1. The molecule has 7 nitrogen and oxygen atoms in total. The van der Waals surface area contributed by atoms with Crippen LogP contribution >= 0.6 is 0 Å². The molecule has 0 aliphatic heterocycles. The minimum absolute atomic E-state index is 0.0142. The molecule has 0 radical (unpaired) electrons. The molecule has 0 saturated heterocycles. The van der Waals surface area contributed by atoms with Gasteiger partial charge >= 0.3 is 5.97 Å². The average molecular weight is 549 g/mol. The van der Waals surface area contributed by atoms with Gasteiger partial charge in [0.25, 0.3) is 0 Å². The maximum Gasteiger partial charge on any atom is 0.309 e. The summed E-state index contributed by atoms with van der Waals surface area (Å²) in [7, 11) is 0. The summed E-state index contributed by atoms with van der Waals surface area (Å²) in [6.45, 7) is 9.68. The Hall–Kier alpha value is -3.71. The van der Waals surface area contributed by atoms with E-state index in [9.17, 15) is 19.5 Å². The molecule has 2 aromatic carbocycles. The summed E-state index contributed by atoms with van der Waals surface area (Å²) in [4.78, 5) is 40.7. The maximum atomic E-state index is 13.1. The largest absolute Gasteiger partial charge is 0.463 e. The Morgan fingerprint density at radius 2 is 1.62 bits per heavy atom. The molecule has 0 spiro atoms. The van der Waals surface area contributed by atoms with Crippen LogP contribution in [0.15, 0.2) is 86.0 Å². The number of carbonyl (C=O) groups excluding carboxylic acids is 3. The molecule has 0 aliphatic carbocycles. The van der Waals surface area contributed by atoms with E-state index in [2.05, 4.69) is 18.5 Å². The predicted molar refractivity (Wildman–Crippen MR) is 158 cm³/mol. The molecule has 0 aromatic heterocycles. The summed E-state index contributed by atoms with van der Waals surface area (Å²) in [6, 6.07) is 18.9. The lowest BCUT2D eigenvalue weighted by atomic mass is 9.94. The van der Waals surface area contributed by atoms with Crippen molar-refractivity contribution in [3.63, 3.8) is 0 Å². The highest BCUT2D eigenvalue weighted by Crippen LogP contribution is 2.18. The Balaban J connectivity index is 1.93. The van der Waals surface area contributed by atoms with E-state index in [4.69, 9.17) is 4.74 Å². The van der Waals surface area contributed by atoms with Gasteiger partial charge in [0.2, 0.25) is 11.8 Å². The van der Waals surface area contributed by atoms with Crippen LogP contribution in [0.5, 0.6) is 0 Å². The van der Waals surface area contributed by atoms with Gasteiger partial charge < -0.3 is 20.1 Å². The van der Waals surface area contributed by atoms with Crippen molar-refractivity contribution < 1.29 is 24.2 Å². The number of nitrogens with one attached hydrogen (secondary N) is 1. The number of allylic oxidation sites excluding steroid dienone is 2. The molecule has 2 rings (SSSR count). The maximum absolute atomic E-state index is 13.1. The first-order chi connectivity index (χ1) is 19.4. The van der Waals surface area contributed by atoms with Crippen molar-refractivity contribution in [3.8, 4) is 0 Å². The Labute approximate surface area is 238 Å². The molecule has 2 aromatic rings. The number of rotatable bonds is 19. The van der Waals surface area contributed by atoms with Gasteiger partial charge in [-0.2, -0.15) is 0 Å². The molecule has 0 heterocycles. The van der Waals surface area contributed by atoms with Crippen molar-refractivity contribution >= 4 is 17.8 Å². The van der Waals surface area contributed by atoms with Crippen molar-refractivity contribution in [1.82, 2.24) is 10.2 Å². The van der Waals surface area contributed by atoms with Gasteiger partial charge in [-0.3, -0.25) is 14.4 Å². The normalized spacial score (nSPS) is 12.9. The number of ether oxygens (including phenoxy) is 1. The van der Waals surface area contributed by atoms with Crippen molar-refractivity contribution in [3.05, 3.63) is 97.1 Å². The zero-order chi connectivity index (χ0) is 29.2. The van der Waals surface area contributed by atoms with Gasteiger partial charge in [-0.15, -0.1) is 13.2 Å². The summed E-state index contributed by atoms with van der Waals surface area (Å²) >= 11 is 0. The van der Waals surface area contributed by atoms with Crippen LogP contribution in [0, 0.1) is 11.8 Å².